The Morgan fingerprint density at radius 3 is 3.00 bits per heavy atom. The lowest BCUT2D eigenvalue weighted by molar-refractivity contribution is -0.124. The number of piperidine rings is 1. The third kappa shape index (κ3) is 2.89. The molecule has 0 aromatic heterocycles. The molecule has 19 heavy (non-hydrogen) atoms. The zero-order chi connectivity index (χ0) is 13.8. The summed E-state index contributed by atoms with van der Waals surface area (Å²) < 4.78 is 0. The highest BCUT2D eigenvalue weighted by Crippen LogP contribution is 2.32. The number of nitrogens with one attached hydrogen (secondary N) is 1. The van der Waals surface area contributed by atoms with Crippen LogP contribution in [-0.4, -0.2) is 32.3 Å². The van der Waals surface area contributed by atoms with E-state index in [0.29, 0.717) is 17.1 Å². The first kappa shape index (κ1) is 13.9. The molecule has 1 amide bonds. The number of aldehydes is 1. The number of para-hydroxylation sites is 1. The van der Waals surface area contributed by atoms with Crippen LogP contribution in [0.1, 0.15) is 23.2 Å². The first-order valence-electron chi connectivity index (χ1n) is 6.37. The standard InChI is InChI=1S/C14H17ClN2O2/c1-16-14(19)10-5-3-7-17(8-10)13-11(9-18)4-2-6-12(13)15/h2,4,6,9-10H,3,5,7-8H2,1H3,(H,16,19). The number of anilines is 1. The molecule has 1 aliphatic rings. The fraction of sp³-hybridized carbons (Fsp3) is 0.429. The summed E-state index contributed by atoms with van der Waals surface area (Å²) in [4.78, 5) is 24.9. The number of benzene rings is 1. The van der Waals surface area contributed by atoms with E-state index in [-0.39, 0.29) is 11.8 Å². The number of nitrogens with zero attached hydrogens (tertiary/aromatic N) is 1. The maximum absolute atomic E-state index is 11.7. The van der Waals surface area contributed by atoms with Crippen molar-refractivity contribution in [1.29, 1.82) is 0 Å². The summed E-state index contributed by atoms with van der Waals surface area (Å²) in [6.07, 6.45) is 2.60. The number of carbonyl (C=O) groups is 2. The van der Waals surface area contributed by atoms with Crippen LogP contribution in [0.4, 0.5) is 5.69 Å². The van der Waals surface area contributed by atoms with Gasteiger partial charge >= 0.3 is 0 Å². The largest absolute Gasteiger partial charge is 0.369 e. The lowest BCUT2D eigenvalue weighted by Crippen LogP contribution is -2.42. The Labute approximate surface area is 117 Å². The Morgan fingerprint density at radius 2 is 2.32 bits per heavy atom. The third-order valence-corrected chi connectivity index (χ3v) is 3.80. The zero-order valence-electron chi connectivity index (χ0n) is 10.9. The summed E-state index contributed by atoms with van der Waals surface area (Å²) in [6.45, 7) is 1.42. The molecule has 102 valence electrons. The highest BCUT2D eigenvalue weighted by molar-refractivity contribution is 6.33. The van der Waals surface area contributed by atoms with Crippen LogP contribution < -0.4 is 10.2 Å². The van der Waals surface area contributed by atoms with Crippen molar-refractivity contribution in [1.82, 2.24) is 5.32 Å². The average Bonchev–Trinajstić information content (AvgIpc) is 2.46. The van der Waals surface area contributed by atoms with Crippen molar-refractivity contribution in [2.75, 3.05) is 25.0 Å². The predicted molar refractivity (Wildman–Crippen MR) is 75.8 cm³/mol. The quantitative estimate of drug-likeness (QED) is 0.863. The molecule has 1 aromatic rings. The molecule has 1 heterocycles. The number of carbonyl (C=O) groups excluding carboxylic acids is 2. The summed E-state index contributed by atoms with van der Waals surface area (Å²) >= 11 is 6.20. The van der Waals surface area contributed by atoms with E-state index in [2.05, 4.69) is 5.32 Å². The van der Waals surface area contributed by atoms with Gasteiger partial charge in [0.2, 0.25) is 5.91 Å². The lowest BCUT2D eigenvalue weighted by Gasteiger charge is -2.34. The van der Waals surface area contributed by atoms with E-state index in [1.165, 1.54) is 0 Å². The molecule has 0 radical (unpaired) electrons. The van der Waals surface area contributed by atoms with Crippen molar-refractivity contribution >= 4 is 29.5 Å². The molecule has 1 atom stereocenters. The number of amides is 1. The second-order valence-corrected chi connectivity index (χ2v) is 5.10. The lowest BCUT2D eigenvalue weighted by atomic mass is 9.96. The van der Waals surface area contributed by atoms with Crippen LogP contribution in [0, 0.1) is 5.92 Å². The van der Waals surface area contributed by atoms with Gasteiger partial charge in [-0.3, -0.25) is 9.59 Å². The van der Waals surface area contributed by atoms with E-state index >= 15 is 0 Å². The SMILES string of the molecule is CNC(=O)C1CCCN(c2c(Cl)cccc2C=O)C1. The van der Waals surface area contributed by atoms with E-state index in [1.807, 2.05) is 4.90 Å². The predicted octanol–water partition coefficient (Wildman–Crippen LogP) is 2.11. The third-order valence-electron chi connectivity index (χ3n) is 3.50. The van der Waals surface area contributed by atoms with Gasteiger partial charge in [0.15, 0.2) is 6.29 Å². The first-order chi connectivity index (χ1) is 9.17. The molecule has 5 heteroatoms. The highest BCUT2D eigenvalue weighted by atomic mass is 35.5. The Morgan fingerprint density at radius 1 is 1.53 bits per heavy atom. The highest BCUT2D eigenvalue weighted by Gasteiger charge is 2.27. The molecule has 1 fully saturated rings. The molecule has 4 nitrogen and oxygen atoms in total. The first-order valence-corrected chi connectivity index (χ1v) is 6.75. The van der Waals surface area contributed by atoms with E-state index in [1.54, 1.807) is 25.2 Å². The normalized spacial score (nSPS) is 19.1. The van der Waals surface area contributed by atoms with Crippen LogP contribution in [-0.2, 0) is 4.79 Å². The summed E-state index contributed by atoms with van der Waals surface area (Å²) in [6, 6.07) is 5.28. The van der Waals surface area contributed by atoms with Crippen LogP contribution >= 0.6 is 11.6 Å². The molecular formula is C14H17ClN2O2. The maximum atomic E-state index is 11.7. The molecule has 0 saturated carbocycles. The molecule has 0 spiro atoms. The monoisotopic (exact) mass is 280 g/mol. The summed E-state index contributed by atoms with van der Waals surface area (Å²) in [7, 11) is 1.65. The number of rotatable bonds is 3. The van der Waals surface area contributed by atoms with E-state index in [4.69, 9.17) is 11.6 Å². The van der Waals surface area contributed by atoms with E-state index in [9.17, 15) is 9.59 Å². The van der Waals surface area contributed by atoms with Gasteiger partial charge in [0.05, 0.1) is 16.6 Å². The van der Waals surface area contributed by atoms with Gasteiger partial charge in [-0.15, -0.1) is 0 Å². The fourth-order valence-corrected chi connectivity index (χ4v) is 2.86. The Bertz CT molecular complexity index is 490. The van der Waals surface area contributed by atoms with Crippen molar-refractivity contribution in [2.45, 2.75) is 12.8 Å². The van der Waals surface area contributed by atoms with Gasteiger partial charge in [-0.1, -0.05) is 17.7 Å². The minimum Gasteiger partial charge on any atom is -0.369 e. The molecular weight excluding hydrogens is 264 g/mol. The van der Waals surface area contributed by atoms with Crippen LogP contribution in [0.25, 0.3) is 0 Å². The molecule has 1 aromatic carbocycles. The number of hydrogen-bond acceptors (Lipinski definition) is 3. The van der Waals surface area contributed by atoms with E-state index in [0.717, 1.165) is 31.4 Å². The zero-order valence-corrected chi connectivity index (χ0v) is 11.6. The maximum Gasteiger partial charge on any atom is 0.224 e. The van der Waals surface area contributed by atoms with Gasteiger partial charge in [-0.25, -0.2) is 0 Å². The van der Waals surface area contributed by atoms with Gasteiger partial charge in [0, 0.05) is 25.7 Å². The van der Waals surface area contributed by atoms with Gasteiger partial charge < -0.3 is 10.2 Å². The van der Waals surface area contributed by atoms with Crippen LogP contribution in [0.15, 0.2) is 18.2 Å². The van der Waals surface area contributed by atoms with Crippen LogP contribution in [0.2, 0.25) is 5.02 Å². The van der Waals surface area contributed by atoms with Crippen molar-refractivity contribution in [3.05, 3.63) is 28.8 Å². The molecule has 2 rings (SSSR count). The summed E-state index contributed by atoms with van der Waals surface area (Å²) in [5, 5.41) is 3.24. The average molecular weight is 281 g/mol. The number of hydrogen-bond donors (Lipinski definition) is 1. The molecule has 1 unspecified atom stereocenters. The van der Waals surface area contributed by atoms with Crippen molar-refractivity contribution in [3.63, 3.8) is 0 Å². The Kier molecular flexibility index (Phi) is 4.43. The van der Waals surface area contributed by atoms with Crippen LogP contribution in [0.3, 0.4) is 0 Å². The summed E-state index contributed by atoms with van der Waals surface area (Å²) in [5.74, 6) is -0.000989. The van der Waals surface area contributed by atoms with Crippen molar-refractivity contribution in [3.8, 4) is 0 Å². The molecule has 0 aliphatic carbocycles. The second kappa shape index (κ2) is 6.06. The molecule has 1 saturated heterocycles. The molecule has 0 bridgehead atoms. The van der Waals surface area contributed by atoms with Crippen molar-refractivity contribution < 1.29 is 9.59 Å². The van der Waals surface area contributed by atoms with Gasteiger partial charge in [-0.2, -0.15) is 0 Å². The van der Waals surface area contributed by atoms with Gasteiger partial charge in [0.1, 0.15) is 0 Å². The van der Waals surface area contributed by atoms with Crippen LogP contribution in [0.5, 0.6) is 0 Å². The summed E-state index contributed by atoms with van der Waals surface area (Å²) in [5.41, 5.74) is 1.32. The smallest absolute Gasteiger partial charge is 0.224 e. The van der Waals surface area contributed by atoms with Gasteiger partial charge in [0.25, 0.3) is 0 Å². The fourth-order valence-electron chi connectivity index (χ4n) is 2.56. The van der Waals surface area contributed by atoms with Crippen molar-refractivity contribution in [2.24, 2.45) is 5.92 Å². The minimum atomic E-state index is -0.0467. The minimum absolute atomic E-state index is 0.0457. The molecule has 1 aliphatic heterocycles. The topological polar surface area (TPSA) is 49.4 Å². The second-order valence-electron chi connectivity index (χ2n) is 4.69. The van der Waals surface area contributed by atoms with Gasteiger partial charge in [-0.05, 0) is 25.0 Å². The number of halogens is 1. The Hall–Kier alpha value is -1.55. The Balaban J connectivity index is 2.27. The molecule has 1 N–H and O–H groups in total. The van der Waals surface area contributed by atoms with E-state index < -0.39 is 0 Å².